The van der Waals surface area contributed by atoms with Crippen molar-refractivity contribution in [3.8, 4) is 0 Å². The summed E-state index contributed by atoms with van der Waals surface area (Å²) in [7, 11) is -9.90. The van der Waals surface area contributed by atoms with Crippen LogP contribution in [0.5, 0.6) is 0 Å². The Morgan fingerprint density at radius 1 is 0.293 bits per heavy atom. The number of unbranched alkanes of at least 4 members (excludes halogenated alkanes) is 45. The van der Waals surface area contributed by atoms with E-state index in [1.165, 1.54) is 193 Å². The lowest BCUT2D eigenvalue weighted by Gasteiger charge is -2.21. The molecule has 19 heteroatoms. The molecule has 2 unspecified atom stereocenters. The van der Waals surface area contributed by atoms with Crippen LogP contribution in [0.15, 0.2) is 0 Å². The van der Waals surface area contributed by atoms with Crippen molar-refractivity contribution in [3.63, 3.8) is 0 Å². The Morgan fingerprint density at radius 3 is 0.739 bits per heavy atom. The number of carbonyl (C=O) groups excluding carboxylic acids is 4. The molecule has 0 spiro atoms. The summed E-state index contributed by atoms with van der Waals surface area (Å²) in [5.74, 6) is -1.30. The highest BCUT2D eigenvalue weighted by atomic mass is 31.2. The second-order valence-electron chi connectivity index (χ2n) is 26.8. The first kappa shape index (κ1) is 90.1. The van der Waals surface area contributed by atoms with E-state index in [1.54, 1.807) is 0 Å². The van der Waals surface area contributed by atoms with Crippen LogP contribution in [0, 0.1) is 5.92 Å². The van der Waals surface area contributed by atoms with Crippen LogP contribution in [0.3, 0.4) is 0 Å². The van der Waals surface area contributed by atoms with Gasteiger partial charge < -0.3 is 33.8 Å². The van der Waals surface area contributed by atoms with E-state index in [9.17, 15) is 43.2 Å². The second-order valence-corrected chi connectivity index (χ2v) is 29.7. The van der Waals surface area contributed by atoms with Crippen LogP contribution in [0.1, 0.15) is 381 Å². The molecule has 17 nitrogen and oxygen atoms in total. The molecule has 0 saturated carbocycles. The Morgan fingerprint density at radius 2 is 0.500 bits per heavy atom. The fourth-order valence-corrected chi connectivity index (χ4v) is 12.8. The molecule has 3 N–H and O–H groups in total. The molecular formula is C73H142O17P2. The first-order valence-electron chi connectivity index (χ1n) is 38.1. The van der Waals surface area contributed by atoms with E-state index in [4.69, 9.17) is 37.0 Å². The highest BCUT2D eigenvalue weighted by molar-refractivity contribution is 7.47. The molecule has 0 aromatic carbocycles. The van der Waals surface area contributed by atoms with Crippen LogP contribution in [0.4, 0.5) is 0 Å². The minimum absolute atomic E-state index is 0.107. The fourth-order valence-electron chi connectivity index (χ4n) is 11.2. The van der Waals surface area contributed by atoms with Crippen molar-refractivity contribution in [2.24, 2.45) is 5.92 Å². The Kier molecular flexibility index (Phi) is 64.9. The van der Waals surface area contributed by atoms with Gasteiger partial charge in [0.2, 0.25) is 0 Å². The molecular weight excluding hydrogens is 1210 g/mol. The number of ether oxygens (including phenoxy) is 4. The molecule has 0 aliphatic carbocycles. The summed E-state index contributed by atoms with van der Waals surface area (Å²) in [5.41, 5.74) is 0. The van der Waals surface area contributed by atoms with Crippen molar-refractivity contribution in [1.82, 2.24) is 0 Å². The number of phosphoric ester groups is 2. The summed E-state index contributed by atoms with van der Waals surface area (Å²) in [6, 6.07) is 0. The third-order valence-corrected chi connectivity index (χ3v) is 18.9. The standard InChI is InChI=1S/C73H142O17P2/c1-6-9-12-15-18-20-22-33-37-42-47-52-57-71(76)84-63-69(90-73(78)59-54-49-44-39-35-31-29-27-25-24-26-28-30-32-36-41-45-50-55-66(4)5)65-88-92(81,82)86-61-67(74)60-85-91(79,80)87-64-68(62-83-70(75)56-51-46-40-17-14-11-8-3)89-72(77)58-53-48-43-38-34-23-21-19-16-13-10-7-2/h66-69,74H,6-65H2,1-5H3,(H,79,80)(H,81,82)/t67-,68+,69+/m0/s1. The molecule has 0 heterocycles. The monoisotopic (exact) mass is 1350 g/mol. The second kappa shape index (κ2) is 66.3. The topological polar surface area (TPSA) is 237 Å². The van der Waals surface area contributed by atoms with E-state index >= 15 is 0 Å². The van der Waals surface area contributed by atoms with Gasteiger partial charge in [-0.25, -0.2) is 9.13 Å². The lowest BCUT2D eigenvalue weighted by molar-refractivity contribution is -0.161. The number of rotatable bonds is 73. The minimum Gasteiger partial charge on any atom is -0.462 e. The molecule has 0 bridgehead atoms. The highest BCUT2D eigenvalue weighted by Crippen LogP contribution is 2.45. The summed E-state index contributed by atoms with van der Waals surface area (Å²) >= 11 is 0. The van der Waals surface area contributed by atoms with Crippen LogP contribution in [-0.2, 0) is 65.4 Å². The summed E-state index contributed by atoms with van der Waals surface area (Å²) in [6.45, 7) is 7.26. The number of carbonyl (C=O) groups is 4. The molecule has 0 aliphatic heterocycles. The van der Waals surface area contributed by atoms with Crippen molar-refractivity contribution >= 4 is 39.5 Å². The molecule has 0 aromatic rings. The van der Waals surface area contributed by atoms with Gasteiger partial charge in [-0.1, -0.05) is 330 Å². The van der Waals surface area contributed by atoms with Gasteiger partial charge in [0, 0.05) is 25.7 Å². The maximum atomic E-state index is 13.0. The van der Waals surface area contributed by atoms with Gasteiger partial charge in [0.1, 0.15) is 19.3 Å². The highest BCUT2D eigenvalue weighted by Gasteiger charge is 2.30. The van der Waals surface area contributed by atoms with Gasteiger partial charge in [0.25, 0.3) is 0 Å². The molecule has 0 radical (unpaired) electrons. The van der Waals surface area contributed by atoms with Crippen LogP contribution < -0.4 is 0 Å². The molecule has 0 fully saturated rings. The Bertz CT molecular complexity index is 1770. The zero-order valence-corrected chi connectivity index (χ0v) is 61.5. The predicted molar refractivity (Wildman–Crippen MR) is 372 cm³/mol. The number of phosphoric acid groups is 2. The van der Waals surface area contributed by atoms with Crippen LogP contribution >= 0.6 is 15.6 Å². The molecule has 5 atom stereocenters. The Balaban J connectivity index is 5.14. The van der Waals surface area contributed by atoms with Crippen molar-refractivity contribution in [2.45, 2.75) is 400 Å². The maximum Gasteiger partial charge on any atom is 0.472 e. The van der Waals surface area contributed by atoms with Crippen molar-refractivity contribution < 1.29 is 80.2 Å². The van der Waals surface area contributed by atoms with E-state index < -0.39 is 97.5 Å². The molecule has 0 aliphatic rings. The van der Waals surface area contributed by atoms with E-state index in [0.717, 1.165) is 109 Å². The van der Waals surface area contributed by atoms with E-state index in [-0.39, 0.29) is 25.7 Å². The largest absolute Gasteiger partial charge is 0.472 e. The number of aliphatic hydroxyl groups excluding tert-OH is 1. The molecule has 0 saturated heterocycles. The predicted octanol–water partition coefficient (Wildman–Crippen LogP) is 21.3. The fraction of sp³-hybridized carbons (Fsp3) is 0.945. The minimum atomic E-state index is -4.95. The Labute approximate surface area is 562 Å². The first-order valence-corrected chi connectivity index (χ1v) is 41.1. The van der Waals surface area contributed by atoms with Gasteiger partial charge >= 0.3 is 39.5 Å². The SMILES string of the molecule is CCCCCCCCCCCCCCC(=O)OC[C@H](COP(=O)(O)OC[C@@H](O)COP(=O)(O)OC[C@@H](COC(=O)CCCCCCCCC)OC(=O)CCCCCCCCCCCCCC)OC(=O)CCCCCCCCCCCCCCCCCCCCC(C)C. The maximum absolute atomic E-state index is 13.0. The Hall–Kier alpha value is -1.94. The first-order chi connectivity index (χ1) is 44.5. The van der Waals surface area contributed by atoms with Gasteiger partial charge in [-0.3, -0.25) is 37.3 Å². The number of hydrogen-bond donors (Lipinski definition) is 3. The van der Waals surface area contributed by atoms with Gasteiger partial charge in [-0.15, -0.1) is 0 Å². The summed E-state index contributed by atoms with van der Waals surface area (Å²) < 4.78 is 68.3. The van der Waals surface area contributed by atoms with E-state index in [0.29, 0.717) is 25.7 Å². The van der Waals surface area contributed by atoms with Crippen LogP contribution in [0.25, 0.3) is 0 Å². The summed E-state index contributed by atoms with van der Waals surface area (Å²) in [4.78, 5) is 72.5. The summed E-state index contributed by atoms with van der Waals surface area (Å²) in [6.07, 6.45) is 54.2. The molecule has 546 valence electrons. The van der Waals surface area contributed by atoms with Gasteiger partial charge in [-0.2, -0.15) is 0 Å². The van der Waals surface area contributed by atoms with Gasteiger partial charge in [-0.05, 0) is 31.6 Å². The van der Waals surface area contributed by atoms with Gasteiger partial charge in [0.15, 0.2) is 12.2 Å². The average molecular weight is 1350 g/mol. The quantitative estimate of drug-likeness (QED) is 0.0222. The normalized spacial score (nSPS) is 14.0. The van der Waals surface area contributed by atoms with Crippen LogP contribution in [0.2, 0.25) is 0 Å². The number of hydrogen-bond acceptors (Lipinski definition) is 15. The molecule has 0 rings (SSSR count). The van der Waals surface area contributed by atoms with Crippen LogP contribution in [-0.4, -0.2) is 96.7 Å². The third-order valence-electron chi connectivity index (χ3n) is 17.0. The summed E-state index contributed by atoms with van der Waals surface area (Å²) in [5, 5.41) is 10.6. The zero-order valence-electron chi connectivity index (χ0n) is 59.7. The smallest absolute Gasteiger partial charge is 0.462 e. The number of esters is 4. The molecule has 0 amide bonds. The lowest BCUT2D eigenvalue weighted by atomic mass is 10.0. The zero-order chi connectivity index (χ0) is 67.7. The van der Waals surface area contributed by atoms with Crippen molar-refractivity contribution in [1.29, 1.82) is 0 Å². The average Bonchev–Trinajstić information content (AvgIpc) is 2.22. The van der Waals surface area contributed by atoms with Gasteiger partial charge in [0.05, 0.1) is 26.4 Å². The number of aliphatic hydroxyl groups is 1. The van der Waals surface area contributed by atoms with E-state index in [1.807, 2.05) is 0 Å². The van der Waals surface area contributed by atoms with Crippen molar-refractivity contribution in [3.05, 3.63) is 0 Å². The van der Waals surface area contributed by atoms with Crippen molar-refractivity contribution in [2.75, 3.05) is 39.6 Å². The third kappa shape index (κ3) is 66.7. The van der Waals surface area contributed by atoms with E-state index in [2.05, 4.69) is 34.6 Å². The lowest BCUT2D eigenvalue weighted by Crippen LogP contribution is -2.30. The molecule has 0 aromatic heterocycles. The molecule has 92 heavy (non-hydrogen) atoms.